The third-order valence-corrected chi connectivity index (χ3v) is 5.95. The van der Waals surface area contributed by atoms with Crippen molar-refractivity contribution >= 4 is 45.2 Å². The Morgan fingerprint density at radius 2 is 2.39 bits per heavy atom. The Morgan fingerprint density at radius 3 is 3.06 bits per heavy atom. The second-order valence-electron chi connectivity index (χ2n) is 4.69. The molecule has 1 amide bonds. The molecule has 0 aromatic heterocycles. The van der Waals surface area contributed by atoms with E-state index in [-0.39, 0.29) is 10.7 Å². The molecule has 1 aliphatic rings. The van der Waals surface area contributed by atoms with Gasteiger partial charge in [0, 0.05) is 15.8 Å². The van der Waals surface area contributed by atoms with E-state index in [2.05, 4.69) is 28.2 Å². The molecule has 1 heterocycles. The van der Waals surface area contributed by atoms with E-state index in [1.165, 1.54) is 12.2 Å². The van der Waals surface area contributed by atoms with Crippen LogP contribution in [0.25, 0.3) is 0 Å². The lowest BCUT2D eigenvalue weighted by molar-refractivity contribution is 0.0950. The molecule has 0 spiro atoms. The first-order valence-corrected chi connectivity index (χ1v) is 8.04. The maximum Gasteiger partial charge on any atom is 0.252 e. The molecule has 1 unspecified atom stereocenters. The summed E-state index contributed by atoms with van der Waals surface area (Å²) >= 11 is 11.4. The van der Waals surface area contributed by atoms with Gasteiger partial charge in [-0.05, 0) is 53.6 Å². The van der Waals surface area contributed by atoms with Crippen molar-refractivity contribution in [3.63, 3.8) is 0 Å². The minimum absolute atomic E-state index is 0.102. The molecule has 1 aromatic carbocycles. The molecule has 1 fully saturated rings. The van der Waals surface area contributed by atoms with Crippen LogP contribution in [0.3, 0.4) is 0 Å². The Bertz CT molecular complexity index is 460. The van der Waals surface area contributed by atoms with Crippen LogP contribution in [0.15, 0.2) is 22.7 Å². The minimum atomic E-state index is -0.102. The number of hydrogen-bond donors (Lipinski definition) is 1. The molecule has 0 bridgehead atoms. The molecule has 98 valence electrons. The summed E-state index contributed by atoms with van der Waals surface area (Å²) < 4.78 is 0.923. The molecule has 1 N–H and O–H groups in total. The third-order valence-electron chi connectivity index (χ3n) is 3.12. The largest absolute Gasteiger partial charge is 0.351 e. The Morgan fingerprint density at radius 1 is 1.61 bits per heavy atom. The fourth-order valence-corrected chi connectivity index (χ4v) is 3.84. The van der Waals surface area contributed by atoms with Crippen molar-refractivity contribution in [2.45, 2.75) is 24.5 Å². The van der Waals surface area contributed by atoms with E-state index in [1.807, 2.05) is 23.9 Å². The number of carbonyl (C=O) groups excluding carboxylic acids is 1. The zero-order chi connectivity index (χ0) is 13.2. The van der Waals surface area contributed by atoms with Crippen LogP contribution in [-0.2, 0) is 0 Å². The van der Waals surface area contributed by atoms with Crippen LogP contribution in [0.1, 0.15) is 30.1 Å². The van der Waals surface area contributed by atoms with Gasteiger partial charge < -0.3 is 5.32 Å². The molecular weight excluding hydrogens is 334 g/mol. The Labute approximate surface area is 125 Å². The Hall–Kier alpha value is -0.190. The number of nitrogens with one attached hydrogen (secondary N) is 1. The maximum atomic E-state index is 12.1. The lowest BCUT2D eigenvalue weighted by Crippen LogP contribution is -2.36. The number of halogens is 2. The zero-order valence-corrected chi connectivity index (χ0v) is 13.3. The van der Waals surface area contributed by atoms with Crippen molar-refractivity contribution < 1.29 is 4.79 Å². The molecule has 2 rings (SSSR count). The van der Waals surface area contributed by atoms with Crippen molar-refractivity contribution in [2.75, 3.05) is 12.3 Å². The highest BCUT2D eigenvalue weighted by Gasteiger charge is 2.30. The fraction of sp³-hybridized carbons (Fsp3) is 0.462. The average molecular weight is 349 g/mol. The number of amides is 1. The summed E-state index contributed by atoms with van der Waals surface area (Å²) in [4.78, 5) is 12.1. The fourth-order valence-electron chi connectivity index (χ4n) is 2.02. The summed E-state index contributed by atoms with van der Waals surface area (Å²) in [5.74, 6) is 1.08. The summed E-state index contributed by atoms with van der Waals surface area (Å²) in [6.07, 6.45) is 2.39. The lowest BCUT2D eigenvalue weighted by Gasteiger charge is -2.23. The topological polar surface area (TPSA) is 29.1 Å². The predicted molar refractivity (Wildman–Crippen MR) is 81.6 cm³/mol. The molecule has 2 nitrogen and oxygen atoms in total. The van der Waals surface area contributed by atoms with Crippen LogP contribution >= 0.6 is 39.3 Å². The Balaban J connectivity index is 2.01. The number of rotatable bonds is 3. The number of hydrogen-bond acceptors (Lipinski definition) is 2. The van der Waals surface area contributed by atoms with Gasteiger partial charge in [0.15, 0.2) is 0 Å². The first kappa shape index (κ1) is 14.2. The minimum Gasteiger partial charge on any atom is -0.351 e. The van der Waals surface area contributed by atoms with Crippen molar-refractivity contribution in [3.05, 3.63) is 33.3 Å². The summed E-state index contributed by atoms with van der Waals surface area (Å²) in [6.45, 7) is 2.90. The van der Waals surface area contributed by atoms with Gasteiger partial charge >= 0.3 is 0 Å². The van der Waals surface area contributed by atoms with E-state index < -0.39 is 0 Å². The van der Waals surface area contributed by atoms with Gasteiger partial charge in [-0.15, -0.1) is 0 Å². The smallest absolute Gasteiger partial charge is 0.252 e. The molecular formula is C13H15BrClNOS. The normalized spacial score (nSPS) is 23.1. The molecule has 18 heavy (non-hydrogen) atoms. The molecule has 1 aromatic rings. The summed E-state index contributed by atoms with van der Waals surface area (Å²) in [5.41, 5.74) is 0.526. The van der Waals surface area contributed by atoms with Crippen LogP contribution in [0.5, 0.6) is 0 Å². The second-order valence-corrected chi connectivity index (χ2v) is 7.60. The van der Waals surface area contributed by atoms with E-state index in [4.69, 9.17) is 11.6 Å². The molecule has 0 radical (unpaired) electrons. The number of benzene rings is 1. The molecule has 5 heteroatoms. The van der Waals surface area contributed by atoms with E-state index in [1.54, 1.807) is 6.07 Å². The van der Waals surface area contributed by atoms with E-state index >= 15 is 0 Å². The van der Waals surface area contributed by atoms with Gasteiger partial charge in [-0.1, -0.05) is 17.7 Å². The van der Waals surface area contributed by atoms with E-state index in [0.29, 0.717) is 17.1 Å². The predicted octanol–water partition coefficient (Wildman–Crippen LogP) is 4.12. The first-order chi connectivity index (χ1) is 8.52. The van der Waals surface area contributed by atoms with Crippen molar-refractivity contribution in [1.29, 1.82) is 0 Å². The Kier molecular flexibility index (Phi) is 4.62. The van der Waals surface area contributed by atoms with Crippen LogP contribution in [0, 0.1) is 0 Å². The summed E-state index contributed by atoms with van der Waals surface area (Å²) in [7, 11) is 0. The molecule has 0 aliphatic carbocycles. The molecule has 1 atom stereocenters. The third kappa shape index (κ3) is 3.22. The summed E-state index contributed by atoms with van der Waals surface area (Å²) in [5, 5.41) is 3.46. The van der Waals surface area contributed by atoms with E-state index in [9.17, 15) is 4.79 Å². The number of thioether (sulfide) groups is 1. The second kappa shape index (κ2) is 5.85. The van der Waals surface area contributed by atoms with Gasteiger partial charge in [-0.25, -0.2) is 0 Å². The van der Waals surface area contributed by atoms with Crippen molar-refractivity contribution in [1.82, 2.24) is 5.32 Å². The molecule has 0 saturated carbocycles. The molecule has 1 saturated heterocycles. The quantitative estimate of drug-likeness (QED) is 0.890. The van der Waals surface area contributed by atoms with Gasteiger partial charge in [0.1, 0.15) is 0 Å². The maximum absolute atomic E-state index is 12.1. The van der Waals surface area contributed by atoms with Crippen LogP contribution in [0.4, 0.5) is 0 Å². The van der Waals surface area contributed by atoms with Crippen molar-refractivity contribution in [2.24, 2.45) is 0 Å². The monoisotopic (exact) mass is 347 g/mol. The highest BCUT2D eigenvalue weighted by atomic mass is 79.9. The van der Waals surface area contributed by atoms with Gasteiger partial charge in [0.2, 0.25) is 0 Å². The van der Waals surface area contributed by atoms with Crippen molar-refractivity contribution in [3.8, 4) is 0 Å². The number of carbonyl (C=O) groups is 1. The van der Waals surface area contributed by atoms with Crippen LogP contribution < -0.4 is 5.32 Å². The summed E-state index contributed by atoms with van der Waals surface area (Å²) in [6, 6.07) is 5.39. The van der Waals surface area contributed by atoms with Crippen LogP contribution in [0.2, 0.25) is 5.02 Å². The molecule has 1 aliphatic heterocycles. The van der Waals surface area contributed by atoms with Crippen LogP contribution in [-0.4, -0.2) is 23.0 Å². The zero-order valence-electron chi connectivity index (χ0n) is 10.1. The lowest BCUT2D eigenvalue weighted by atomic mass is 10.1. The van der Waals surface area contributed by atoms with Gasteiger partial charge in [0.05, 0.1) is 10.6 Å². The highest BCUT2D eigenvalue weighted by Crippen LogP contribution is 2.37. The SMILES string of the molecule is CC1(CNC(=O)c2cccc(Br)c2Cl)CCCS1. The van der Waals surface area contributed by atoms with E-state index in [0.717, 1.165) is 10.9 Å². The van der Waals surface area contributed by atoms with Gasteiger partial charge in [0.25, 0.3) is 5.91 Å². The van der Waals surface area contributed by atoms with Gasteiger partial charge in [-0.2, -0.15) is 11.8 Å². The first-order valence-electron chi connectivity index (χ1n) is 5.88. The average Bonchev–Trinajstić information content (AvgIpc) is 2.77. The highest BCUT2D eigenvalue weighted by molar-refractivity contribution is 9.10. The van der Waals surface area contributed by atoms with Gasteiger partial charge in [-0.3, -0.25) is 4.79 Å². The standard InChI is InChI=1S/C13H15BrClNOS/c1-13(6-3-7-18-13)8-16-12(17)9-4-2-5-10(14)11(9)15/h2,4-5H,3,6-8H2,1H3,(H,16,17).